The van der Waals surface area contributed by atoms with Gasteiger partial charge in [0.25, 0.3) is 0 Å². The van der Waals surface area contributed by atoms with Gasteiger partial charge >= 0.3 is 5.97 Å². The van der Waals surface area contributed by atoms with Gasteiger partial charge in [-0.3, -0.25) is 4.79 Å². The van der Waals surface area contributed by atoms with Gasteiger partial charge in [-0.15, -0.1) is 0 Å². The molecule has 0 aliphatic heterocycles. The minimum Gasteiger partial charge on any atom is -0.481 e. The molecule has 100 valence electrons. The van der Waals surface area contributed by atoms with Crippen LogP contribution in [0.25, 0.3) is 0 Å². The van der Waals surface area contributed by atoms with Crippen molar-refractivity contribution in [2.45, 2.75) is 26.7 Å². The molecule has 0 aliphatic carbocycles. The molecule has 0 unspecified atom stereocenters. The average Bonchev–Trinajstić information content (AvgIpc) is 2.34. The van der Waals surface area contributed by atoms with E-state index in [1.807, 2.05) is 0 Å². The third-order valence-electron chi connectivity index (χ3n) is 2.19. The Kier molecular flexibility index (Phi) is 5.90. The summed E-state index contributed by atoms with van der Waals surface area (Å²) in [5.41, 5.74) is 0. The Hall–Kier alpha value is -1.85. The van der Waals surface area contributed by atoms with E-state index in [0.717, 1.165) is 0 Å². The highest BCUT2D eigenvalue weighted by atomic mass is 16.5. The molecule has 1 rings (SSSR count). The first-order valence-electron chi connectivity index (χ1n) is 5.95. The molecule has 1 aromatic rings. The van der Waals surface area contributed by atoms with Gasteiger partial charge in [0.2, 0.25) is 5.88 Å². The molecule has 0 atom stereocenters. The summed E-state index contributed by atoms with van der Waals surface area (Å²) in [6, 6.07) is 1.72. The number of carbonyl (C=O) groups is 1. The maximum absolute atomic E-state index is 11.1. The van der Waals surface area contributed by atoms with Crippen molar-refractivity contribution in [1.29, 1.82) is 0 Å². The number of hydrogen-bond donors (Lipinski definition) is 1. The maximum atomic E-state index is 11.1. The lowest BCUT2D eigenvalue weighted by Crippen LogP contribution is -2.09. The lowest BCUT2D eigenvalue weighted by molar-refractivity contribution is -0.143. The molecule has 1 N–H and O–H groups in total. The highest BCUT2D eigenvalue weighted by Gasteiger charge is 2.03. The normalized spacial score (nSPS) is 9.94. The highest BCUT2D eigenvalue weighted by molar-refractivity contribution is 5.69. The first-order valence-corrected chi connectivity index (χ1v) is 5.95. The fraction of sp³-hybridized carbons (Fsp3) is 0.583. The minimum absolute atomic E-state index is 0.171. The van der Waals surface area contributed by atoms with Gasteiger partial charge in [-0.2, -0.15) is 4.98 Å². The number of hydrogen-bond acceptors (Lipinski definition) is 6. The quantitative estimate of drug-likeness (QED) is 0.587. The molecule has 0 spiro atoms. The number of ether oxygens (including phenoxy) is 2. The molecule has 0 saturated heterocycles. The van der Waals surface area contributed by atoms with E-state index in [-0.39, 0.29) is 5.97 Å². The van der Waals surface area contributed by atoms with E-state index in [2.05, 4.69) is 15.3 Å². The van der Waals surface area contributed by atoms with Crippen molar-refractivity contribution in [2.24, 2.45) is 0 Å². The fourth-order valence-corrected chi connectivity index (χ4v) is 1.42. The summed E-state index contributed by atoms with van der Waals surface area (Å²) < 4.78 is 9.88. The summed E-state index contributed by atoms with van der Waals surface area (Å²) in [4.78, 5) is 19.4. The first kappa shape index (κ1) is 14.2. The summed E-state index contributed by atoms with van der Waals surface area (Å²) >= 11 is 0. The van der Waals surface area contributed by atoms with Crippen LogP contribution in [0.5, 0.6) is 5.88 Å². The van der Waals surface area contributed by atoms with Crippen molar-refractivity contribution in [3.63, 3.8) is 0 Å². The number of rotatable bonds is 7. The second-order valence-electron chi connectivity index (χ2n) is 3.68. The number of nitrogens with zero attached hydrogens (tertiary/aromatic N) is 2. The zero-order valence-corrected chi connectivity index (χ0v) is 11.0. The minimum atomic E-state index is -0.171. The molecule has 0 saturated carbocycles. The van der Waals surface area contributed by atoms with Gasteiger partial charge in [-0.25, -0.2) is 4.98 Å². The van der Waals surface area contributed by atoms with E-state index in [1.54, 1.807) is 27.0 Å². The number of carbonyl (C=O) groups excluding carboxylic acids is 1. The zero-order valence-electron chi connectivity index (χ0n) is 11.0. The van der Waals surface area contributed by atoms with E-state index in [9.17, 15) is 4.79 Å². The average molecular weight is 253 g/mol. The molecular formula is C12H19N3O3. The van der Waals surface area contributed by atoms with Gasteiger partial charge in [-0.1, -0.05) is 0 Å². The van der Waals surface area contributed by atoms with Crippen LogP contribution in [-0.4, -0.2) is 36.2 Å². The molecular weight excluding hydrogens is 234 g/mol. The Morgan fingerprint density at radius 3 is 2.89 bits per heavy atom. The van der Waals surface area contributed by atoms with Crippen LogP contribution in [0, 0.1) is 6.92 Å². The van der Waals surface area contributed by atoms with Crippen LogP contribution in [0.3, 0.4) is 0 Å². The number of nitrogens with one attached hydrogen (secondary N) is 1. The summed E-state index contributed by atoms with van der Waals surface area (Å²) in [6.07, 6.45) is 1.10. The van der Waals surface area contributed by atoms with Gasteiger partial charge in [0, 0.05) is 19.0 Å². The molecule has 1 aromatic heterocycles. The zero-order chi connectivity index (χ0) is 13.4. The molecule has 0 aromatic carbocycles. The second-order valence-corrected chi connectivity index (χ2v) is 3.68. The van der Waals surface area contributed by atoms with E-state index in [4.69, 9.17) is 9.47 Å². The number of aromatic nitrogens is 2. The third kappa shape index (κ3) is 4.99. The van der Waals surface area contributed by atoms with Crippen molar-refractivity contribution in [3.8, 4) is 5.88 Å². The maximum Gasteiger partial charge on any atom is 0.305 e. The predicted octanol–water partition coefficient (Wildman–Crippen LogP) is 1.55. The smallest absolute Gasteiger partial charge is 0.305 e. The Balaban J connectivity index is 2.35. The topological polar surface area (TPSA) is 73.3 Å². The molecule has 1 heterocycles. The van der Waals surface area contributed by atoms with Gasteiger partial charge in [-0.05, 0) is 20.3 Å². The standard InChI is InChI=1S/C12H19N3O3/c1-4-18-12(16)6-5-7-13-10-8-11(17-3)15-9(2)14-10/h8H,4-7H2,1-3H3,(H,13,14,15). The summed E-state index contributed by atoms with van der Waals surface area (Å²) in [5, 5.41) is 3.12. The molecule has 0 amide bonds. The van der Waals surface area contributed by atoms with E-state index >= 15 is 0 Å². The van der Waals surface area contributed by atoms with Crippen LogP contribution < -0.4 is 10.1 Å². The largest absolute Gasteiger partial charge is 0.481 e. The van der Waals surface area contributed by atoms with Crippen molar-refractivity contribution < 1.29 is 14.3 Å². The van der Waals surface area contributed by atoms with Gasteiger partial charge in [0.1, 0.15) is 11.6 Å². The molecule has 18 heavy (non-hydrogen) atoms. The number of esters is 1. The van der Waals surface area contributed by atoms with Gasteiger partial charge < -0.3 is 14.8 Å². The Morgan fingerprint density at radius 1 is 1.44 bits per heavy atom. The lowest BCUT2D eigenvalue weighted by Gasteiger charge is -2.07. The molecule has 0 bridgehead atoms. The Morgan fingerprint density at radius 2 is 2.22 bits per heavy atom. The van der Waals surface area contributed by atoms with Crippen LogP contribution in [-0.2, 0) is 9.53 Å². The van der Waals surface area contributed by atoms with Crippen molar-refractivity contribution in [1.82, 2.24) is 9.97 Å². The number of methoxy groups -OCH3 is 1. The van der Waals surface area contributed by atoms with Crippen LogP contribution >= 0.6 is 0 Å². The highest BCUT2D eigenvalue weighted by Crippen LogP contribution is 2.12. The van der Waals surface area contributed by atoms with Crippen molar-refractivity contribution in [2.75, 3.05) is 25.6 Å². The third-order valence-corrected chi connectivity index (χ3v) is 2.19. The second kappa shape index (κ2) is 7.47. The van der Waals surface area contributed by atoms with E-state index in [0.29, 0.717) is 43.5 Å². The molecule has 0 aliphatic rings. The lowest BCUT2D eigenvalue weighted by atomic mass is 10.3. The summed E-state index contributed by atoms with van der Waals surface area (Å²) in [7, 11) is 1.56. The molecule has 0 radical (unpaired) electrons. The van der Waals surface area contributed by atoms with Gasteiger partial charge in [0.05, 0.1) is 13.7 Å². The van der Waals surface area contributed by atoms with Crippen LogP contribution in [0.1, 0.15) is 25.6 Å². The van der Waals surface area contributed by atoms with E-state index in [1.165, 1.54) is 0 Å². The summed E-state index contributed by atoms with van der Waals surface area (Å²) in [6.45, 7) is 4.67. The van der Waals surface area contributed by atoms with Crippen molar-refractivity contribution >= 4 is 11.8 Å². The van der Waals surface area contributed by atoms with Crippen LogP contribution in [0.2, 0.25) is 0 Å². The van der Waals surface area contributed by atoms with Crippen LogP contribution in [0.15, 0.2) is 6.07 Å². The van der Waals surface area contributed by atoms with Crippen molar-refractivity contribution in [3.05, 3.63) is 11.9 Å². The Labute approximate surface area is 107 Å². The monoisotopic (exact) mass is 253 g/mol. The SMILES string of the molecule is CCOC(=O)CCCNc1cc(OC)nc(C)n1. The van der Waals surface area contributed by atoms with Gasteiger partial charge in [0.15, 0.2) is 0 Å². The summed E-state index contributed by atoms with van der Waals surface area (Å²) in [5.74, 6) is 1.69. The molecule has 6 nitrogen and oxygen atoms in total. The van der Waals surface area contributed by atoms with Crippen LogP contribution in [0.4, 0.5) is 5.82 Å². The molecule has 0 fully saturated rings. The Bertz CT molecular complexity index is 396. The fourth-order valence-electron chi connectivity index (χ4n) is 1.42. The predicted molar refractivity (Wildman–Crippen MR) is 67.7 cm³/mol. The van der Waals surface area contributed by atoms with E-state index < -0.39 is 0 Å². The first-order chi connectivity index (χ1) is 8.65. The number of anilines is 1. The molecule has 6 heteroatoms. The number of aryl methyl sites for hydroxylation is 1.